The van der Waals surface area contributed by atoms with E-state index in [1.54, 1.807) is 6.42 Å². The van der Waals surface area contributed by atoms with E-state index in [1.165, 1.54) is 32.2 Å². The molecule has 2 N–H and O–H groups in total. The van der Waals surface area contributed by atoms with E-state index >= 15 is 0 Å². The maximum absolute atomic E-state index is 5.90. The van der Waals surface area contributed by atoms with Gasteiger partial charge in [0.05, 0.1) is 0 Å². The Kier molecular flexibility index (Phi) is 3.20. The van der Waals surface area contributed by atoms with Crippen molar-refractivity contribution < 1.29 is 0 Å². The van der Waals surface area contributed by atoms with Crippen LogP contribution in [-0.2, 0) is 0 Å². The van der Waals surface area contributed by atoms with Crippen LogP contribution in [0, 0.1) is 23.7 Å². The molecule has 0 heterocycles. The van der Waals surface area contributed by atoms with E-state index in [-0.39, 0.29) is 0 Å². The van der Waals surface area contributed by atoms with Crippen LogP contribution in [0.25, 0.3) is 0 Å². The second kappa shape index (κ2) is 4.55. The van der Waals surface area contributed by atoms with Gasteiger partial charge in [0.25, 0.3) is 0 Å². The summed E-state index contributed by atoms with van der Waals surface area (Å²) < 4.78 is 0. The summed E-state index contributed by atoms with van der Waals surface area (Å²) in [7, 11) is 0. The minimum absolute atomic E-state index is 0.572. The van der Waals surface area contributed by atoms with E-state index in [2.05, 4.69) is 18.7 Å². The molecule has 0 amide bonds. The summed E-state index contributed by atoms with van der Waals surface area (Å²) >= 11 is 0. The van der Waals surface area contributed by atoms with E-state index in [4.69, 9.17) is 5.73 Å². The van der Waals surface area contributed by atoms with Crippen molar-refractivity contribution >= 4 is 0 Å². The summed E-state index contributed by atoms with van der Waals surface area (Å²) in [5.74, 6) is 4.17. The largest absolute Gasteiger partial charge is 0.329 e. The highest BCUT2D eigenvalue weighted by Gasteiger charge is 2.50. The summed E-state index contributed by atoms with van der Waals surface area (Å²) in [6.07, 6.45) is 7.63. The fourth-order valence-electron chi connectivity index (χ4n) is 5.39. The Morgan fingerprint density at radius 3 is 2.00 bits per heavy atom. The van der Waals surface area contributed by atoms with Crippen LogP contribution in [-0.4, -0.2) is 30.1 Å². The van der Waals surface area contributed by atoms with Crippen molar-refractivity contribution in [1.82, 2.24) is 4.90 Å². The van der Waals surface area contributed by atoms with Crippen molar-refractivity contribution in [2.75, 3.05) is 13.1 Å². The van der Waals surface area contributed by atoms with Gasteiger partial charge in [-0.05, 0) is 69.2 Å². The SMILES string of the molecule is CCN(C(C)CN)C1C2CC3CC(C2)CC1C3. The van der Waals surface area contributed by atoms with E-state index in [0.717, 1.165) is 36.3 Å². The van der Waals surface area contributed by atoms with Crippen molar-refractivity contribution in [3.63, 3.8) is 0 Å². The van der Waals surface area contributed by atoms with Gasteiger partial charge in [-0.25, -0.2) is 0 Å². The minimum atomic E-state index is 0.572. The lowest BCUT2D eigenvalue weighted by Gasteiger charge is -2.58. The monoisotopic (exact) mass is 236 g/mol. The predicted octanol–water partition coefficient (Wildman–Crippen LogP) is 2.48. The van der Waals surface area contributed by atoms with Gasteiger partial charge in [-0.15, -0.1) is 0 Å². The van der Waals surface area contributed by atoms with Crippen LogP contribution in [0.2, 0.25) is 0 Å². The molecule has 0 radical (unpaired) electrons. The molecule has 4 bridgehead atoms. The van der Waals surface area contributed by atoms with E-state index < -0.39 is 0 Å². The molecule has 98 valence electrons. The second-order valence-corrected chi connectivity index (χ2v) is 6.84. The van der Waals surface area contributed by atoms with Crippen molar-refractivity contribution in [3.05, 3.63) is 0 Å². The number of hydrogen-bond donors (Lipinski definition) is 1. The zero-order valence-electron chi connectivity index (χ0n) is 11.4. The first-order valence-electron chi connectivity index (χ1n) is 7.68. The summed E-state index contributed by atoms with van der Waals surface area (Å²) in [5, 5.41) is 0. The smallest absolute Gasteiger partial charge is 0.0193 e. The van der Waals surface area contributed by atoms with Gasteiger partial charge in [0.2, 0.25) is 0 Å². The second-order valence-electron chi connectivity index (χ2n) is 6.84. The van der Waals surface area contributed by atoms with E-state index in [9.17, 15) is 0 Å². The lowest BCUT2D eigenvalue weighted by Crippen LogP contribution is -2.58. The molecule has 0 aliphatic heterocycles. The molecule has 0 aromatic heterocycles. The topological polar surface area (TPSA) is 29.3 Å². The van der Waals surface area contributed by atoms with Crippen molar-refractivity contribution in [1.29, 1.82) is 0 Å². The van der Waals surface area contributed by atoms with Crippen LogP contribution >= 0.6 is 0 Å². The molecule has 4 saturated carbocycles. The summed E-state index contributed by atoms with van der Waals surface area (Å²) in [6.45, 7) is 6.63. The molecule has 1 unspecified atom stereocenters. The van der Waals surface area contributed by atoms with Gasteiger partial charge >= 0.3 is 0 Å². The molecule has 0 aromatic carbocycles. The molecule has 4 fully saturated rings. The maximum atomic E-state index is 5.90. The average molecular weight is 236 g/mol. The third kappa shape index (κ3) is 1.94. The van der Waals surface area contributed by atoms with Crippen LogP contribution in [0.5, 0.6) is 0 Å². The van der Waals surface area contributed by atoms with Gasteiger partial charge < -0.3 is 5.73 Å². The highest BCUT2D eigenvalue weighted by molar-refractivity contribution is 5.02. The summed E-state index contributed by atoms with van der Waals surface area (Å²) in [4.78, 5) is 2.73. The third-order valence-electron chi connectivity index (χ3n) is 5.83. The van der Waals surface area contributed by atoms with Crippen molar-refractivity contribution in [2.24, 2.45) is 29.4 Å². The van der Waals surface area contributed by atoms with Gasteiger partial charge in [-0.1, -0.05) is 6.92 Å². The van der Waals surface area contributed by atoms with Crippen molar-refractivity contribution in [2.45, 2.75) is 58.0 Å². The van der Waals surface area contributed by atoms with Crippen LogP contribution in [0.15, 0.2) is 0 Å². The molecule has 0 spiro atoms. The molecule has 0 saturated heterocycles. The first kappa shape index (κ1) is 12.0. The Morgan fingerprint density at radius 2 is 1.59 bits per heavy atom. The highest BCUT2D eigenvalue weighted by Crippen LogP contribution is 2.55. The molecule has 4 aliphatic carbocycles. The maximum Gasteiger partial charge on any atom is 0.0193 e. The molecule has 0 aromatic rings. The highest BCUT2D eigenvalue weighted by atomic mass is 15.2. The quantitative estimate of drug-likeness (QED) is 0.812. The number of likely N-dealkylation sites (N-methyl/N-ethyl adjacent to an activating group) is 1. The Balaban J connectivity index is 1.78. The van der Waals surface area contributed by atoms with Gasteiger partial charge in [0.15, 0.2) is 0 Å². The third-order valence-corrected chi connectivity index (χ3v) is 5.83. The van der Waals surface area contributed by atoms with Gasteiger partial charge in [-0.2, -0.15) is 0 Å². The van der Waals surface area contributed by atoms with Gasteiger partial charge in [0, 0.05) is 18.6 Å². The lowest BCUT2D eigenvalue weighted by atomic mass is 9.53. The number of hydrogen-bond acceptors (Lipinski definition) is 2. The van der Waals surface area contributed by atoms with E-state index in [1.807, 2.05) is 0 Å². The van der Waals surface area contributed by atoms with Crippen LogP contribution in [0.3, 0.4) is 0 Å². The summed E-state index contributed by atoms with van der Waals surface area (Å²) in [6, 6.07) is 1.44. The predicted molar refractivity (Wildman–Crippen MR) is 71.7 cm³/mol. The molecule has 17 heavy (non-hydrogen) atoms. The molecule has 4 rings (SSSR count). The minimum Gasteiger partial charge on any atom is -0.329 e. The zero-order chi connectivity index (χ0) is 12.0. The van der Waals surface area contributed by atoms with Crippen LogP contribution in [0.1, 0.15) is 46.0 Å². The Morgan fingerprint density at radius 1 is 1.06 bits per heavy atom. The lowest BCUT2D eigenvalue weighted by molar-refractivity contribution is -0.0739. The molecule has 4 aliphatic rings. The van der Waals surface area contributed by atoms with E-state index in [0.29, 0.717) is 6.04 Å². The normalized spacial score (nSPS) is 45.5. The van der Waals surface area contributed by atoms with Gasteiger partial charge in [0.1, 0.15) is 0 Å². The first-order chi connectivity index (χ1) is 8.22. The Hall–Kier alpha value is -0.0800. The fraction of sp³-hybridized carbons (Fsp3) is 1.00. The number of nitrogens with zero attached hydrogens (tertiary/aromatic N) is 1. The standard InChI is InChI=1S/C15H28N2/c1-3-17(10(2)9-16)15-13-5-11-4-12(7-13)8-14(15)6-11/h10-15H,3-9,16H2,1-2H3. The Bertz CT molecular complexity index is 248. The summed E-state index contributed by atoms with van der Waals surface area (Å²) in [5.41, 5.74) is 5.90. The molecular weight excluding hydrogens is 208 g/mol. The number of rotatable bonds is 4. The fourth-order valence-corrected chi connectivity index (χ4v) is 5.39. The van der Waals surface area contributed by atoms with Gasteiger partial charge in [-0.3, -0.25) is 4.90 Å². The van der Waals surface area contributed by atoms with Crippen LogP contribution in [0.4, 0.5) is 0 Å². The zero-order valence-corrected chi connectivity index (χ0v) is 11.4. The molecule has 1 atom stereocenters. The molecular formula is C15H28N2. The van der Waals surface area contributed by atoms with Crippen molar-refractivity contribution in [3.8, 4) is 0 Å². The first-order valence-corrected chi connectivity index (χ1v) is 7.68. The van der Waals surface area contributed by atoms with Crippen LogP contribution < -0.4 is 5.73 Å². The molecule has 2 heteroatoms. The molecule has 2 nitrogen and oxygen atoms in total. The Labute approximate surface area is 106 Å². The average Bonchev–Trinajstić information content (AvgIpc) is 2.32. The number of nitrogens with two attached hydrogens (primary N) is 1.